The maximum absolute atomic E-state index is 13.0. The number of aromatic nitrogens is 2. The van der Waals surface area contributed by atoms with Crippen molar-refractivity contribution in [3.05, 3.63) is 52.8 Å². The van der Waals surface area contributed by atoms with Crippen LogP contribution in [0.2, 0.25) is 0 Å². The van der Waals surface area contributed by atoms with E-state index in [1.807, 2.05) is 23.1 Å². The molecule has 1 amide bonds. The standard InChI is InChI=1S/C22H27N3O3/c26-16-13-19(15-5-2-1-3-6-15)28-22(14-16)9-11-25(12-10-22)21(27)20-17-7-4-8-18(17)23-24-20/h1-3,5-6,16,19,26H,4,7-14H2,(H,23,24)/t16-,19-/m1/s1. The van der Waals surface area contributed by atoms with Crippen LogP contribution in [0.25, 0.3) is 0 Å². The highest BCUT2D eigenvalue weighted by Crippen LogP contribution is 2.43. The zero-order valence-corrected chi connectivity index (χ0v) is 16.1. The summed E-state index contributed by atoms with van der Waals surface area (Å²) >= 11 is 0. The Labute approximate surface area is 164 Å². The first kappa shape index (κ1) is 17.9. The number of hydrogen-bond donors (Lipinski definition) is 2. The molecule has 1 aliphatic carbocycles. The van der Waals surface area contributed by atoms with Crippen molar-refractivity contribution in [1.29, 1.82) is 0 Å². The first-order valence-electron chi connectivity index (χ1n) is 10.4. The van der Waals surface area contributed by atoms with Gasteiger partial charge < -0.3 is 14.7 Å². The van der Waals surface area contributed by atoms with Crippen LogP contribution in [0.5, 0.6) is 0 Å². The second-order valence-electron chi connectivity index (χ2n) is 8.47. The van der Waals surface area contributed by atoms with E-state index in [0.717, 1.165) is 48.9 Å². The molecule has 0 bridgehead atoms. The molecule has 1 spiro atoms. The average molecular weight is 381 g/mol. The number of hydrogen-bond acceptors (Lipinski definition) is 4. The van der Waals surface area contributed by atoms with Crippen molar-refractivity contribution in [3.8, 4) is 0 Å². The fourth-order valence-electron chi connectivity index (χ4n) is 5.11. The van der Waals surface area contributed by atoms with Gasteiger partial charge in [-0.3, -0.25) is 9.89 Å². The van der Waals surface area contributed by atoms with E-state index >= 15 is 0 Å². The van der Waals surface area contributed by atoms with Crippen molar-refractivity contribution >= 4 is 5.91 Å². The summed E-state index contributed by atoms with van der Waals surface area (Å²) < 4.78 is 6.54. The lowest BCUT2D eigenvalue weighted by atomic mass is 9.81. The van der Waals surface area contributed by atoms with Crippen LogP contribution in [0, 0.1) is 0 Å². The third kappa shape index (κ3) is 3.14. The molecule has 0 saturated carbocycles. The van der Waals surface area contributed by atoms with Crippen LogP contribution in [0.15, 0.2) is 30.3 Å². The number of amides is 1. The number of nitrogens with zero attached hydrogens (tertiary/aromatic N) is 2. The van der Waals surface area contributed by atoms with E-state index in [0.29, 0.717) is 31.6 Å². The van der Waals surface area contributed by atoms with Crippen LogP contribution in [0.1, 0.15) is 65.5 Å². The number of ether oxygens (including phenoxy) is 1. The summed E-state index contributed by atoms with van der Waals surface area (Å²) in [6.45, 7) is 1.30. The van der Waals surface area contributed by atoms with E-state index in [9.17, 15) is 9.90 Å². The summed E-state index contributed by atoms with van der Waals surface area (Å²) in [6.07, 6.45) is 5.38. The SMILES string of the molecule is O=C(c1n[nH]c2c1CCC2)N1CCC2(CC1)C[C@H](O)C[C@H](c1ccccc1)O2. The average Bonchev–Trinajstić information content (AvgIpc) is 3.32. The molecule has 3 heterocycles. The minimum absolute atomic E-state index is 0.0326. The maximum Gasteiger partial charge on any atom is 0.274 e. The smallest absolute Gasteiger partial charge is 0.274 e. The van der Waals surface area contributed by atoms with Gasteiger partial charge in [-0.1, -0.05) is 30.3 Å². The molecular formula is C22H27N3O3. The molecule has 6 heteroatoms. The Bertz CT molecular complexity index is 855. The molecule has 28 heavy (non-hydrogen) atoms. The number of piperidine rings is 1. The topological polar surface area (TPSA) is 78.5 Å². The molecule has 0 radical (unpaired) electrons. The molecule has 2 saturated heterocycles. The highest BCUT2D eigenvalue weighted by atomic mass is 16.5. The Morgan fingerprint density at radius 3 is 2.79 bits per heavy atom. The van der Waals surface area contributed by atoms with Crippen molar-refractivity contribution < 1.29 is 14.6 Å². The second kappa shape index (κ2) is 7.01. The van der Waals surface area contributed by atoms with Crippen LogP contribution in [0.4, 0.5) is 0 Å². The zero-order chi connectivity index (χ0) is 19.1. The molecule has 6 nitrogen and oxygen atoms in total. The Morgan fingerprint density at radius 2 is 2.00 bits per heavy atom. The fraction of sp³-hybridized carbons (Fsp3) is 0.545. The largest absolute Gasteiger partial charge is 0.393 e. The molecule has 1 aromatic carbocycles. The number of aliphatic hydroxyl groups excluding tert-OH is 1. The molecule has 3 aliphatic rings. The molecule has 2 aromatic rings. The number of H-pyrrole nitrogens is 1. The van der Waals surface area contributed by atoms with Crippen molar-refractivity contribution in [2.24, 2.45) is 0 Å². The molecule has 148 valence electrons. The molecule has 2 fully saturated rings. The predicted molar refractivity (Wildman–Crippen MR) is 104 cm³/mol. The highest BCUT2D eigenvalue weighted by molar-refractivity contribution is 5.94. The molecule has 2 N–H and O–H groups in total. The van der Waals surface area contributed by atoms with E-state index in [1.165, 1.54) is 0 Å². The number of likely N-dealkylation sites (tertiary alicyclic amines) is 1. The number of aryl methyl sites for hydroxylation is 1. The molecule has 1 aromatic heterocycles. The van der Waals surface area contributed by atoms with Gasteiger partial charge in [-0.25, -0.2) is 0 Å². The highest BCUT2D eigenvalue weighted by Gasteiger charge is 2.44. The summed E-state index contributed by atoms with van der Waals surface area (Å²) in [7, 11) is 0. The first-order chi connectivity index (χ1) is 13.6. The lowest BCUT2D eigenvalue weighted by Gasteiger charge is -2.48. The lowest BCUT2D eigenvalue weighted by Crippen LogP contribution is -2.52. The number of carbonyl (C=O) groups excluding carboxylic acids is 1. The van der Waals surface area contributed by atoms with Crippen molar-refractivity contribution in [2.75, 3.05) is 13.1 Å². The lowest BCUT2D eigenvalue weighted by molar-refractivity contribution is -0.181. The quantitative estimate of drug-likeness (QED) is 0.838. The van der Waals surface area contributed by atoms with E-state index in [2.05, 4.69) is 22.3 Å². The first-order valence-corrected chi connectivity index (χ1v) is 10.4. The van der Waals surface area contributed by atoms with Gasteiger partial charge in [0.05, 0.1) is 17.8 Å². The number of fused-ring (bicyclic) bond motifs is 1. The Balaban J connectivity index is 1.28. The summed E-state index contributed by atoms with van der Waals surface area (Å²) in [5.41, 5.74) is 3.61. The molecular weight excluding hydrogens is 354 g/mol. The Morgan fingerprint density at radius 1 is 1.21 bits per heavy atom. The molecule has 5 rings (SSSR count). The predicted octanol–water partition coefficient (Wildman–Crippen LogP) is 2.79. The number of nitrogens with one attached hydrogen (secondary N) is 1. The summed E-state index contributed by atoms with van der Waals surface area (Å²) in [5.74, 6) is 0.0326. The van der Waals surface area contributed by atoms with Gasteiger partial charge in [0, 0.05) is 37.2 Å². The third-order valence-corrected chi connectivity index (χ3v) is 6.63. The van der Waals surface area contributed by atoms with E-state index < -0.39 is 0 Å². The number of aliphatic hydroxyl groups is 1. The summed E-state index contributed by atoms with van der Waals surface area (Å²) in [4.78, 5) is 14.9. The van der Waals surface area contributed by atoms with Crippen LogP contribution in [-0.2, 0) is 17.6 Å². The van der Waals surface area contributed by atoms with Gasteiger partial charge in [0.15, 0.2) is 5.69 Å². The van der Waals surface area contributed by atoms with Gasteiger partial charge in [0.25, 0.3) is 5.91 Å². The molecule has 0 unspecified atom stereocenters. The number of rotatable bonds is 2. The maximum atomic E-state index is 13.0. The van der Waals surface area contributed by atoms with Gasteiger partial charge in [-0.05, 0) is 37.7 Å². The number of benzene rings is 1. The van der Waals surface area contributed by atoms with Crippen LogP contribution in [-0.4, -0.2) is 50.9 Å². The van der Waals surface area contributed by atoms with Gasteiger partial charge in [0.1, 0.15) is 0 Å². The third-order valence-electron chi connectivity index (χ3n) is 6.63. The second-order valence-corrected chi connectivity index (χ2v) is 8.47. The van der Waals surface area contributed by atoms with E-state index in [1.54, 1.807) is 0 Å². The van der Waals surface area contributed by atoms with Crippen LogP contribution in [0.3, 0.4) is 0 Å². The Hall–Kier alpha value is -2.18. The molecule has 2 atom stereocenters. The van der Waals surface area contributed by atoms with E-state index in [-0.39, 0.29) is 23.7 Å². The molecule has 2 aliphatic heterocycles. The van der Waals surface area contributed by atoms with Crippen LogP contribution >= 0.6 is 0 Å². The minimum Gasteiger partial charge on any atom is -0.393 e. The zero-order valence-electron chi connectivity index (χ0n) is 16.1. The summed E-state index contributed by atoms with van der Waals surface area (Å²) in [5, 5.41) is 17.8. The normalized spacial score (nSPS) is 26.4. The number of carbonyl (C=O) groups is 1. The van der Waals surface area contributed by atoms with Gasteiger partial charge in [0.2, 0.25) is 0 Å². The van der Waals surface area contributed by atoms with Crippen molar-refractivity contribution in [1.82, 2.24) is 15.1 Å². The monoisotopic (exact) mass is 381 g/mol. The fourth-order valence-corrected chi connectivity index (χ4v) is 5.11. The van der Waals surface area contributed by atoms with Gasteiger partial charge in [-0.15, -0.1) is 0 Å². The van der Waals surface area contributed by atoms with Crippen molar-refractivity contribution in [3.63, 3.8) is 0 Å². The van der Waals surface area contributed by atoms with E-state index in [4.69, 9.17) is 4.74 Å². The number of aromatic amines is 1. The van der Waals surface area contributed by atoms with Crippen LogP contribution < -0.4 is 0 Å². The summed E-state index contributed by atoms with van der Waals surface area (Å²) in [6, 6.07) is 10.1. The van der Waals surface area contributed by atoms with Gasteiger partial charge >= 0.3 is 0 Å². The Kier molecular flexibility index (Phi) is 4.48. The van der Waals surface area contributed by atoms with Crippen molar-refractivity contribution in [2.45, 2.75) is 62.8 Å². The van der Waals surface area contributed by atoms with Gasteiger partial charge in [-0.2, -0.15) is 5.10 Å². The minimum atomic E-state index is -0.365.